The largest absolute Gasteiger partial charge is 0.479 e. The Morgan fingerprint density at radius 1 is 0.952 bits per heavy atom. The first-order valence-corrected chi connectivity index (χ1v) is 8.14. The van der Waals surface area contributed by atoms with Gasteiger partial charge in [-0.25, -0.2) is 0 Å². The van der Waals surface area contributed by atoms with Gasteiger partial charge in [0.1, 0.15) is 17.1 Å². The summed E-state index contributed by atoms with van der Waals surface area (Å²) in [6.45, 7) is 17.1. The van der Waals surface area contributed by atoms with Gasteiger partial charge >= 0.3 is 0 Å². The molecule has 1 aliphatic carbocycles. The van der Waals surface area contributed by atoms with E-state index >= 15 is 0 Å². The molecule has 0 bridgehead atoms. The average molecular weight is 289 g/mol. The molecule has 0 aromatic rings. The monoisotopic (exact) mass is 289 g/mol. The van der Waals surface area contributed by atoms with E-state index in [-0.39, 0.29) is 11.0 Å². The van der Waals surface area contributed by atoms with Crippen molar-refractivity contribution in [3.63, 3.8) is 0 Å². The SMILES string of the molecule is CC.CC(C)C1(C)C=CC2=C(C=C1)OC(C)(C(C)C)C=N2. The average Bonchev–Trinajstić information content (AvgIpc) is 2.62. The van der Waals surface area contributed by atoms with E-state index in [9.17, 15) is 0 Å². The molecule has 2 unspecified atom stereocenters. The first-order chi connectivity index (χ1) is 9.77. The number of allylic oxidation sites excluding steroid dienone is 4. The first kappa shape index (κ1) is 17.7. The fraction of sp³-hybridized carbons (Fsp3) is 0.632. The number of nitrogens with zero attached hydrogens (tertiary/aromatic N) is 1. The molecule has 2 heteroatoms. The lowest BCUT2D eigenvalue weighted by atomic mass is 9.79. The molecular formula is C19H31NO. The first-order valence-electron chi connectivity index (χ1n) is 8.14. The third kappa shape index (κ3) is 3.66. The van der Waals surface area contributed by atoms with Gasteiger partial charge in [-0.05, 0) is 30.9 Å². The van der Waals surface area contributed by atoms with Crippen LogP contribution in [0.3, 0.4) is 0 Å². The van der Waals surface area contributed by atoms with E-state index in [1.54, 1.807) is 0 Å². The Morgan fingerprint density at radius 2 is 1.52 bits per heavy atom. The van der Waals surface area contributed by atoms with Crippen molar-refractivity contribution < 1.29 is 4.74 Å². The molecule has 2 rings (SSSR count). The molecule has 0 amide bonds. The van der Waals surface area contributed by atoms with E-state index < -0.39 is 0 Å². The van der Waals surface area contributed by atoms with Crippen LogP contribution < -0.4 is 0 Å². The Kier molecular flexibility index (Phi) is 5.61. The predicted octanol–water partition coefficient (Wildman–Crippen LogP) is 5.53. The topological polar surface area (TPSA) is 21.6 Å². The van der Waals surface area contributed by atoms with Crippen LogP contribution in [0.2, 0.25) is 0 Å². The van der Waals surface area contributed by atoms with Crippen molar-refractivity contribution in [1.82, 2.24) is 0 Å². The second-order valence-corrected chi connectivity index (χ2v) is 6.64. The Balaban J connectivity index is 0.00000106. The van der Waals surface area contributed by atoms with Gasteiger partial charge in [0.15, 0.2) is 0 Å². The molecule has 0 radical (unpaired) electrons. The van der Waals surface area contributed by atoms with Crippen LogP contribution in [0.15, 0.2) is 40.8 Å². The summed E-state index contributed by atoms with van der Waals surface area (Å²) in [4.78, 5) is 4.60. The highest BCUT2D eigenvalue weighted by Crippen LogP contribution is 2.37. The van der Waals surface area contributed by atoms with Gasteiger partial charge in [0, 0.05) is 11.6 Å². The summed E-state index contributed by atoms with van der Waals surface area (Å²) in [5.74, 6) is 1.82. The second-order valence-electron chi connectivity index (χ2n) is 6.64. The number of hydrogen-bond donors (Lipinski definition) is 0. The molecule has 0 saturated heterocycles. The fourth-order valence-corrected chi connectivity index (χ4v) is 2.04. The number of aliphatic imine (C=N–C) groups is 1. The summed E-state index contributed by atoms with van der Waals surface area (Å²) >= 11 is 0. The Labute approximate surface area is 130 Å². The highest BCUT2D eigenvalue weighted by molar-refractivity contribution is 5.72. The summed E-state index contributed by atoms with van der Waals surface area (Å²) in [5, 5.41) is 0. The van der Waals surface area contributed by atoms with Crippen LogP contribution in [0, 0.1) is 17.3 Å². The van der Waals surface area contributed by atoms with Crippen molar-refractivity contribution in [3.05, 3.63) is 35.8 Å². The van der Waals surface area contributed by atoms with Crippen LogP contribution in [0.4, 0.5) is 0 Å². The fourth-order valence-electron chi connectivity index (χ4n) is 2.04. The summed E-state index contributed by atoms with van der Waals surface area (Å²) in [6, 6.07) is 0. The number of ether oxygens (including phenoxy) is 1. The summed E-state index contributed by atoms with van der Waals surface area (Å²) in [5.41, 5.74) is 0.679. The maximum absolute atomic E-state index is 6.18. The molecule has 21 heavy (non-hydrogen) atoms. The second kappa shape index (κ2) is 6.64. The minimum absolute atomic E-state index is 0.0600. The molecule has 0 fully saturated rings. The van der Waals surface area contributed by atoms with E-state index in [0.717, 1.165) is 11.5 Å². The minimum atomic E-state index is -0.310. The molecule has 1 aliphatic heterocycles. The zero-order valence-corrected chi connectivity index (χ0v) is 14.9. The molecule has 0 aromatic heterocycles. The lowest BCUT2D eigenvalue weighted by Gasteiger charge is -2.34. The van der Waals surface area contributed by atoms with Gasteiger partial charge in [0.2, 0.25) is 0 Å². The van der Waals surface area contributed by atoms with Crippen LogP contribution in [-0.4, -0.2) is 11.8 Å². The highest BCUT2D eigenvalue weighted by atomic mass is 16.5. The van der Waals surface area contributed by atoms with Crippen molar-refractivity contribution >= 4 is 6.21 Å². The predicted molar refractivity (Wildman–Crippen MR) is 92.4 cm³/mol. The maximum atomic E-state index is 6.18. The summed E-state index contributed by atoms with van der Waals surface area (Å²) in [6.07, 6.45) is 10.6. The molecule has 2 aliphatic rings. The molecule has 0 aromatic carbocycles. The molecular weight excluding hydrogens is 258 g/mol. The van der Waals surface area contributed by atoms with Crippen molar-refractivity contribution in [1.29, 1.82) is 0 Å². The van der Waals surface area contributed by atoms with Crippen molar-refractivity contribution in [2.75, 3.05) is 0 Å². The summed E-state index contributed by atoms with van der Waals surface area (Å²) < 4.78 is 6.18. The van der Waals surface area contributed by atoms with Gasteiger partial charge < -0.3 is 4.74 Å². The standard InChI is InChI=1S/C17H25NO.C2H6/c1-12(2)16(5)9-7-14-15(8-10-16)19-17(6,11-18-14)13(3)4;1-2/h7-13H,1-6H3;1-2H3. The van der Waals surface area contributed by atoms with E-state index in [1.807, 2.05) is 20.1 Å². The third-order valence-electron chi connectivity index (χ3n) is 4.63. The van der Waals surface area contributed by atoms with E-state index in [4.69, 9.17) is 4.74 Å². The minimum Gasteiger partial charge on any atom is -0.479 e. The molecule has 118 valence electrons. The zero-order chi connectivity index (χ0) is 16.3. The van der Waals surface area contributed by atoms with Crippen LogP contribution in [0.1, 0.15) is 55.4 Å². The third-order valence-corrected chi connectivity index (χ3v) is 4.63. The molecule has 2 nitrogen and oxygen atoms in total. The lowest BCUT2D eigenvalue weighted by molar-refractivity contribution is 0.0454. The smallest absolute Gasteiger partial charge is 0.146 e. The van der Waals surface area contributed by atoms with Crippen LogP contribution in [0.5, 0.6) is 0 Å². The van der Waals surface area contributed by atoms with Crippen molar-refractivity contribution in [2.24, 2.45) is 22.2 Å². The summed E-state index contributed by atoms with van der Waals surface area (Å²) in [7, 11) is 0. The molecule has 1 heterocycles. The van der Waals surface area contributed by atoms with Gasteiger partial charge in [0.05, 0.1) is 0 Å². The number of hydrogen-bond acceptors (Lipinski definition) is 2. The Bertz CT molecular complexity index is 482. The number of rotatable bonds is 2. The Hall–Kier alpha value is -1.31. The van der Waals surface area contributed by atoms with Gasteiger partial charge in [-0.3, -0.25) is 4.99 Å². The molecule has 2 atom stereocenters. The maximum Gasteiger partial charge on any atom is 0.146 e. The quantitative estimate of drug-likeness (QED) is 0.655. The van der Waals surface area contributed by atoms with Gasteiger partial charge in [-0.15, -0.1) is 0 Å². The van der Waals surface area contributed by atoms with Crippen molar-refractivity contribution in [2.45, 2.75) is 61.0 Å². The molecule has 0 spiro atoms. The van der Waals surface area contributed by atoms with E-state index in [0.29, 0.717) is 11.8 Å². The molecule has 0 N–H and O–H groups in total. The van der Waals surface area contributed by atoms with Gasteiger partial charge in [0.25, 0.3) is 0 Å². The van der Waals surface area contributed by atoms with Crippen LogP contribution in [-0.2, 0) is 4.74 Å². The van der Waals surface area contributed by atoms with Gasteiger partial charge in [-0.2, -0.15) is 0 Å². The van der Waals surface area contributed by atoms with Crippen LogP contribution >= 0.6 is 0 Å². The zero-order valence-electron chi connectivity index (χ0n) is 14.9. The van der Waals surface area contributed by atoms with E-state index in [1.165, 1.54) is 0 Å². The Morgan fingerprint density at radius 3 is 2.05 bits per heavy atom. The lowest BCUT2D eigenvalue weighted by Crippen LogP contribution is -2.38. The highest BCUT2D eigenvalue weighted by Gasteiger charge is 2.33. The normalized spacial score (nSPS) is 30.8. The molecule has 0 saturated carbocycles. The van der Waals surface area contributed by atoms with Crippen LogP contribution in [0.25, 0.3) is 0 Å². The van der Waals surface area contributed by atoms with Crippen molar-refractivity contribution in [3.8, 4) is 0 Å². The van der Waals surface area contributed by atoms with Gasteiger partial charge in [-0.1, -0.05) is 60.6 Å². The van der Waals surface area contributed by atoms with E-state index in [2.05, 4.69) is 70.8 Å².